The van der Waals surface area contributed by atoms with Crippen molar-refractivity contribution < 1.29 is 9.32 Å². The van der Waals surface area contributed by atoms with Crippen molar-refractivity contribution in [2.75, 3.05) is 13.1 Å². The van der Waals surface area contributed by atoms with Crippen LogP contribution in [0.25, 0.3) is 0 Å². The van der Waals surface area contributed by atoms with Crippen molar-refractivity contribution in [3.8, 4) is 0 Å². The fourth-order valence-corrected chi connectivity index (χ4v) is 3.59. The fraction of sp³-hybridized carbons (Fsp3) is 0.562. The Morgan fingerprint density at radius 1 is 1.32 bits per heavy atom. The Bertz CT molecular complexity index is 662. The molecule has 6 nitrogen and oxygen atoms in total. The van der Waals surface area contributed by atoms with E-state index in [0.29, 0.717) is 12.2 Å². The zero-order valence-corrected chi connectivity index (χ0v) is 12.5. The average molecular weight is 300 g/mol. The van der Waals surface area contributed by atoms with Gasteiger partial charge in [-0.15, -0.1) is 0 Å². The van der Waals surface area contributed by atoms with Gasteiger partial charge < -0.3 is 14.4 Å². The molecule has 2 aromatic rings. The number of carbonyl (C=O) groups is 1. The zero-order valence-electron chi connectivity index (χ0n) is 12.5. The number of nitrogens with zero attached hydrogens (tertiary/aromatic N) is 3. The summed E-state index contributed by atoms with van der Waals surface area (Å²) in [7, 11) is 0. The number of amides is 1. The smallest absolute Gasteiger partial charge is 0.276 e. The maximum atomic E-state index is 12.8. The zero-order chi connectivity index (χ0) is 14.9. The minimum Gasteiger partial charge on any atom is -0.360 e. The number of carbonyl (C=O) groups excluding carboxylic acids is 1. The van der Waals surface area contributed by atoms with Crippen LogP contribution in [-0.2, 0) is 12.8 Å². The summed E-state index contributed by atoms with van der Waals surface area (Å²) in [6.45, 7) is 1.49. The van der Waals surface area contributed by atoms with Crippen molar-refractivity contribution in [1.29, 1.82) is 0 Å². The first kappa shape index (κ1) is 13.5. The van der Waals surface area contributed by atoms with E-state index in [-0.39, 0.29) is 11.8 Å². The summed E-state index contributed by atoms with van der Waals surface area (Å²) < 4.78 is 5.38. The summed E-state index contributed by atoms with van der Waals surface area (Å²) in [4.78, 5) is 22.2. The topological polar surface area (TPSA) is 75.0 Å². The predicted molar refractivity (Wildman–Crippen MR) is 79.6 cm³/mol. The van der Waals surface area contributed by atoms with Gasteiger partial charge in [0.25, 0.3) is 5.91 Å². The molecule has 1 saturated heterocycles. The van der Waals surface area contributed by atoms with Gasteiger partial charge in [0, 0.05) is 43.4 Å². The molecule has 2 aromatic heterocycles. The third kappa shape index (κ3) is 2.32. The molecule has 22 heavy (non-hydrogen) atoms. The Morgan fingerprint density at radius 2 is 2.23 bits per heavy atom. The summed E-state index contributed by atoms with van der Waals surface area (Å²) in [5.41, 5.74) is 1.58. The highest BCUT2D eigenvalue weighted by Gasteiger charge is 2.31. The van der Waals surface area contributed by atoms with Gasteiger partial charge in [-0.05, 0) is 32.1 Å². The van der Waals surface area contributed by atoms with Crippen LogP contribution in [0.5, 0.6) is 0 Å². The quantitative estimate of drug-likeness (QED) is 0.923. The van der Waals surface area contributed by atoms with Crippen LogP contribution >= 0.6 is 0 Å². The van der Waals surface area contributed by atoms with Crippen molar-refractivity contribution in [1.82, 2.24) is 20.0 Å². The predicted octanol–water partition coefficient (Wildman–Crippen LogP) is 2.30. The number of fused-ring (bicyclic) bond motifs is 1. The van der Waals surface area contributed by atoms with E-state index in [2.05, 4.69) is 15.1 Å². The summed E-state index contributed by atoms with van der Waals surface area (Å²) in [6, 6.07) is 0. The third-order valence-corrected chi connectivity index (χ3v) is 4.77. The van der Waals surface area contributed by atoms with Crippen molar-refractivity contribution in [2.24, 2.45) is 0 Å². The molecule has 1 aliphatic carbocycles. The number of aromatic nitrogens is 3. The lowest BCUT2D eigenvalue weighted by Gasteiger charge is -2.31. The Hall–Kier alpha value is -2.11. The largest absolute Gasteiger partial charge is 0.360 e. The molecule has 0 bridgehead atoms. The average Bonchev–Trinajstić information content (AvgIpc) is 3.24. The molecule has 4 rings (SSSR count). The van der Waals surface area contributed by atoms with Gasteiger partial charge in [0.1, 0.15) is 11.6 Å². The molecular formula is C16H20N4O2. The molecule has 1 N–H and O–H groups in total. The van der Waals surface area contributed by atoms with Gasteiger partial charge in [-0.1, -0.05) is 5.16 Å². The summed E-state index contributed by atoms with van der Waals surface area (Å²) >= 11 is 0. The lowest BCUT2D eigenvalue weighted by Crippen LogP contribution is -2.40. The highest BCUT2D eigenvalue weighted by Crippen LogP contribution is 2.28. The van der Waals surface area contributed by atoms with Crippen LogP contribution in [0.2, 0.25) is 0 Å². The number of aryl methyl sites for hydroxylation is 1. The second kappa shape index (κ2) is 5.59. The fourth-order valence-electron chi connectivity index (χ4n) is 3.59. The number of hydrogen-bond acceptors (Lipinski definition) is 4. The highest BCUT2D eigenvalue weighted by atomic mass is 16.5. The number of likely N-dealkylation sites (tertiary alicyclic amines) is 1. The SMILES string of the molecule is O=C(c1noc2c1CCCC2)N1CCC[C@@H](c2ncc[nH]2)C1. The van der Waals surface area contributed by atoms with Crippen molar-refractivity contribution in [3.63, 3.8) is 0 Å². The van der Waals surface area contributed by atoms with Crippen LogP contribution in [0, 0.1) is 0 Å². The summed E-state index contributed by atoms with van der Waals surface area (Å²) in [5, 5.41) is 4.07. The van der Waals surface area contributed by atoms with Crippen LogP contribution < -0.4 is 0 Å². The molecule has 0 aromatic carbocycles. The normalized spacial score (nSPS) is 21.6. The van der Waals surface area contributed by atoms with Gasteiger partial charge in [0.05, 0.1) is 0 Å². The van der Waals surface area contributed by atoms with E-state index < -0.39 is 0 Å². The Balaban J connectivity index is 1.54. The Morgan fingerprint density at radius 3 is 3.09 bits per heavy atom. The second-order valence-electron chi connectivity index (χ2n) is 6.20. The number of rotatable bonds is 2. The molecule has 0 saturated carbocycles. The summed E-state index contributed by atoms with van der Waals surface area (Å²) in [5.74, 6) is 2.19. The van der Waals surface area contributed by atoms with Gasteiger partial charge in [-0.25, -0.2) is 4.98 Å². The van der Waals surface area contributed by atoms with E-state index in [4.69, 9.17) is 4.52 Å². The Labute approximate surface area is 128 Å². The first-order chi connectivity index (χ1) is 10.8. The first-order valence-electron chi connectivity index (χ1n) is 8.09. The van der Waals surface area contributed by atoms with Crippen molar-refractivity contribution >= 4 is 5.91 Å². The van der Waals surface area contributed by atoms with E-state index in [1.807, 2.05) is 11.1 Å². The number of imidazole rings is 1. The van der Waals surface area contributed by atoms with Gasteiger partial charge in [-0.2, -0.15) is 0 Å². The number of aromatic amines is 1. The number of hydrogen-bond donors (Lipinski definition) is 1. The van der Waals surface area contributed by atoms with Crippen LogP contribution in [0.1, 0.15) is 59.2 Å². The van der Waals surface area contributed by atoms with Crippen LogP contribution in [0.4, 0.5) is 0 Å². The number of H-pyrrole nitrogens is 1. The maximum Gasteiger partial charge on any atom is 0.276 e. The standard InChI is InChI=1S/C16H20N4O2/c21-16(14-12-5-1-2-6-13(12)22-19-14)20-9-3-4-11(10-20)15-17-7-8-18-15/h7-8,11H,1-6,9-10H2,(H,17,18)/t11-/m1/s1. The van der Waals surface area contributed by atoms with Gasteiger partial charge in [-0.3, -0.25) is 4.79 Å². The minimum absolute atomic E-state index is 0.0168. The highest BCUT2D eigenvalue weighted by molar-refractivity contribution is 5.94. The third-order valence-electron chi connectivity index (χ3n) is 4.77. The molecule has 6 heteroatoms. The molecule has 116 valence electrons. The maximum absolute atomic E-state index is 12.8. The number of nitrogens with one attached hydrogen (secondary N) is 1. The van der Waals surface area contributed by atoms with Crippen LogP contribution in [0.3, 0.4) is 0 Å². The van der Waals surface area contributed by atoms with Crippen molar-refractivity contribution in [3.05, 3.63) is 35.2 Å². The molecule has 1 atom stereocenters. The second-order valence-corrected chi connectivity index (χ2v) is 6.20. The molecule has 0 spiro atoms. The van der Waals surface area contributed by atoms with Gasteiger partial charge in [0.2, 0.25) is 0 Å². The van der Waals surface area contributed by atoms with Crippen LogP contribution in [-0.4, -0.2) is 39.0 Å². The molecule has 1 aliphatic heterocycles. The van der Waals surface area contributed by atoms with Gasteiger partial charge in [0.15, 0.2) is 5.69 Å². The van der Waals surface area contributed by atoms with Crippen molar-refractivity contribution in [2.45, 2.75) is 44.4 Å². The first-order valence-corrected chi connectivity index (χ1v) is 8.09. The molecule has 3 heterocycles. The molecule has 1 amide bonds. The van der Waals surface area contributed by atoms with Gasteiger partial charge >= 0.3 is 0 Å². The minimum atomic E-state index is 0.0168. The van der Waals surface area contributed by atoms with Crippen LogP contribution in [0.15, 0.2) is 16.9 Å². The molecule has 0 radical (unpaired) electrons. The molecular weight excluding hydrogens is 280 g/mol. The van der Waals surface area contributed by atoms with E-state index in [1.54, 1.807) is 6.20 Å². The molecule has 2 aliphatic rings. The lowest BCUT2D eigenvalue weighted by molar-refractivity contribution is 0.0693. The summed E-state index contributed by atoms with van der Waals surface area (Å²) in [6.07, 6.45) is 9.73. The van der Waals surface area contributed by atoms with E-state index in [1.165, 1.54) is 0 Å². The van der Waals surface area contributed by atoms with E-state index in [0.717, 1.165) is 62.2 Å². The molecule has 0 unspecified atom stereocenters. The van der Waals surface area contributed by atoms with E-state index in [9.17, 15) is 4.79 Å². The van der Waals surface area contributed by atoms with E-state index >= 15 is 0 Å². The monoisotopic (exact) mass is 300 g/mol. The lowest BCUT2D eigenvalue weighted by atomic mass is 9.94. The Kier molecular flexibility index (Phi) is 3.44. The molecule has 1 fully saturated rings. The number of piperidine rings is 1.